The summed E-state index contributed by atoms with van der Waals surface area (Å²) in [6.45, 7) is 0.197. The van der Waals surface area contributed by atoms with Crippen LogP contribution in [0.4, 0.5) is 0 Å². The third kappa shape index (κ3) is 7.20. The number of carbonyl (C=O) groups excluding carboxylic acids is 1. The summed E-state index contributed by atoms with van der Waals surface area (Å²) < 4.78 is 16.6. The number of benzene rings is 3. The van der Waals surface area contributed by atoms with E-state index in [-0.39, 0.29) is 6.61 Å². The minimum absolute atomic E-state index is 0.182. The molecule has 0 aromatic heterocycles. The number of nitrogens with one attached hydrogen (secondary N) is 1. The van der Waals surface area contributed by atoms with Crippen LogP contribution in [0.2, 0.25) is 10.0 Å². The Bertz CT molecular complexity index is 1060. The standard InChI is InChI=1S/C23H20Cl2N2O4/c1-29-22-11-17(7-10-21(22)31-14-16-5-8-18(24)9-6-16)13-26-27-23(28)15-30-20-4-2-3-19(25)12-20/h2-13H,14-15H2,1H3,(H,27,28)/b26-13+. The lowest BCUT2D eigenvalue weighted by Gasteiger charge is -2.11. The van der Waals surface area contributed by atoms with Crippen molar-refractivity contribution in [3.63, 3.8) is 0 Å². The van der Waals surface area contributed by atoms with Gasteiger partial charge in [-0.05, 0) is 59.7 Å². The number of ether oxygens (including phenoxy) is 3. The summed E-state index contributed by atoms with van der Waals surface area (Å²) in [7, 11) is 1.56. The fraction of sp³-hybridized carbons (Fsp3) is 0.130. The zero-order chi connectivity index (χ0) is 22.1. The largest absolute Gasteiger partial charge is 0.493 e. The van der Waals surface area contributed by atoms with E-state index in [0.717, 1.165) is 11.1 Å². The average molecular weight is 459 g/mol. The molecule has 1 N–H and O–H groups in total. The van der Waals surface area contributed by atoms with Gasteiger partial charge in [0.1, 0.15) is 12.4 Å². The van der Waals surface area contributed by atoms with E-state index in [1.54, 1.807) is 49.6 Å². The van der Waals surface area contributed by atoms with E-state index in [0.29, 0.717) is 33.9 Å². The summed E-state index contributed by atoms with van der Waals surface area (Å²) in [6.07, 6.45) is 1.50. The second-order valence-electron chi connectivity index (χ2n) is 6.36. The van der Waals surface area contributed by atoms with E-state index in [1.165, 1.54) is 6.21 Å². The van der Waals surface area contributed by atoms with Crippen LogP contribution < -0.4 is 19.6 Å². The Labute approximate surface area is 190 Å². The first-order valence-electron chi connectivity index (χ1n) is 9.29. The average Bonchev–Trinajstić information content (AvgIpc) is 2.78. The van der Waals surface area contributed by atoms with Gasteiger partial charge in [0.25, 0.3) is 5.91 Å². The second kappa shape index (κ2) is 11.2. The minimum atomic E-state index is -0.397. The number of halogens is 2. The Balaban J connectivity index is 1.51. The van der Waals surface area contributed by atoms with E-state index >= 15 is 0 Å². The molecule has 31 heavy (non-hydrogen) atoms. The molecule has 0 heterocycles. The molecule has 0 atom stereocenters. The van der Waals surface area contributed by atoms with Crippen molar-refractivity contribution < 1.29 is 19.0 Å². The van der Waals surface area contributed by atoms with E-state index in [4.69, 9.17) is 37.4 Å². The van der Waals surface area contributed by atoms with Crippen LogP contribution in [0.3, 0.4) is 0 Å². The molecule has 0 spiro atoms. The smallest absolute Gasteiger partial charge is 0.277 e. The molecule has 3 aromatic rings. The van der Waals surface area contributed by atoms with Crippen molar-refractivity contribution in [2.75, 3.05) is 13.7 Å². The molecule has 0 aliphatic heterocycles. The summed E-state index contributed by atoms with van der Waals surface area (Å²) in [6, 6.07) is 19.6. The van der Waals surface area contributed by atoms with Gasteiger partial charge in [0.2, 0.25) is 0 Å². The van der Waals surface area contributed by atoms with Gasteiger partial charge >= 0.3 is 0 Å². The van der Waals surface area contributed by atoms with E-state index < -0.39 is 5.91 Å². The van der Waals surface area contributed by atoms with Gasteiger partial charge in [0, 0.05) is 10.0 Å². The highest BCUT2D eigenvalue weighted by Gasteiger charge is 2.06. The van der Waals surface area contributed by atoms with Gasteiger partial charge in [0.05, 0.1) is 13.3 Å². The fourth-order valence-electron chi connectivity index (χ4n) is 2.54. The first kappa shape index (κ1) is 22.5. The molecule has 0 radical (unpaired) electrons. The Hall–Kier alpha value is -3.22. The van der Waals surface area contributed by atoms with Gasteiger partial charge in [-0.15, -0.1) is 0 Å². The Kier molecular flexibility index (Phi) is 8.15. The molecule has 0 saturated heterocycles. The van der Waals surface area contributed by atoms with Crippen molar-refractivity contribution in [3.8, 4) is 17.2 Å². The highest BCUT2D eigenvalue weighted by Crippen LogP contribution is 2.28. The number of carbonyl (C=O) groups is 1. The Morgan fingerprint density at radius 3 is 2.52 bits per heavy atom. The zero-order valence-corrected chi connectivity index (χ0v) is 18.2. The summed E-state index contributed by atoms with van der Waals surface area (Å²) >= 11 is 11.8. The van der Waals surface area contributed by atoms with Crippen LogP contribution in [-0.2, 0) is 11.4 Å². The molecule has 0 unspecified atom stereocenters. The van der Waals surface area contributed by atoms with Crippen LogP contribution >= 0.6 is 23.2 Å². The van der Waals surface area contributed by atoms with Crippen molar-refractivity contribution in [3.05, 3.63) is 87.9 Å². The molecular formula is C23H20Cl2N2O4. The van der Waals surface area contributed by atoms with Crippen molar-refractivity contribution in [2.24, 2.45) is 5.10 Å². The number of methoxy groups -OCH3 is 1. The summed E-state index contributed by atoms with van der Waals surface area (Å²) in [5, 5.41) is 5.15. The third-order valence-corrected chi connectivity index (χ3v) is 4.55. The van der Waals surface area contributed by atoms with E-state index in [1.807, 2.05) is 24.3 Å². The number of hydrogen-bond acceptors (Lipinski definition) is 5. The third-order valence-electron chi connectivity index (χ3n) is 4.06. The Morgan fingerprint density at radius 1 is 0.968 bits per heavy atom. The monoisotopic (exact) mass is 458 g/mol. The lowest BCUT2D eigenvalue weighted by Crippen LogP contribution is -2.24. The van der Waals surface area contributed by atoms with Gasteiger partial charge in [0.15, 0.2) is 18.1 Å². The van der Waals surface area contributed by atoms with Crippen LogP contribution in [0, 0.1) is 0 Å². The molecule has 3 aromatic carbocycles. The van der Waals surface area contributed by atoms with E-state index in [9.17, 15) is 4.79 Å². The second-order valence-corrected chi connectivity index (χ2v) is 7.24. The molecule has 0 aliphatic carbocycles. The summed E-state index contributed by atoms with van der Waals surface area (Å²) in [5.41, 5.74) is 4.12. The van der Waals surface area contributed by atoms with Crippen LogP contribution in [-0.4, -0.2) is 25.8 Å². The van der Waals surface area contributed by atoms with Gasteiger partial charge in [-0.25, -0.2) is 5.43 Å². The lowest BCUT2D eigenvalue weighted by atomic mass is 10.2. The maximum atomic E-state index is 11.9. The quantitative estimate of drug-likeness (QED) is 0.357. The summed E-state index contributed by atoms with van der Waals surface area (Å²) in [4.78, 5) is 11.9. The molecular weight excluding hydrogens is 439 g/mol. The number of hydrazone groups is 1. The molecule has 0 saturated carbocycles. The molecule has 1 amide bonds. The molecule has 0 aliphatic rings. The molecule has 8 heteroatoms. The van der Waals surface area contributed by atoms with Crippen LogP contribution in [0.5, 0.6) is 17.2 Å². The van der Waals surface area contributed by atoms with Crippen LogP contribution in [0.25, 0.3) is 0 Å². The first-order chi connectivity index (χ1) is 15.0. The molecule has 0 fully saturated rings. The van der Waals surface area contributed by atoms with Crippen LogP contribution in [0.1, 0.15) is 11.1 Å². The number of amides is 1. The lowest BCUT2D eigenvalue weighted by molar-refractivity contribution is -0.123. The van der Waals surface area contributed by atoms with Gasteiger partial charge in [-0.2, -0.15) is 5.10 Å². The van der Waals surface area contributed by atoms with E-state index in [2.05, 4.69) is 10.5 Å². The highest BCUT2D eigenvalue weighted by atomic mass is 35.5. The SMILES string of the molecule is COc1cc(/C=N/NC(=O)COc2cccc(Cl)c2)ccc1OCc1ccc(Cl)cc1. The molecule has 6 nitrogen and oxygen atoms in total. The normalized spacial score (nSPS) is 10.7. The number of nitrogens with zero attached hydrogens (tertiary/aromatic N) is 1. The van der Waals surface area contributed by atoms with Gasteiger partial charge in [-0.3, -0.25) is 4.79 Å². The van der Waals surface area contributed by atoms with Crippen molar-refractivity contribution >= 4 is 35.3 Å². The Morgan fingerprint density at radius 2 is 1.77 bits per heavy atom. The van der Waals surface area contributed by atoms with Crippen LogP contribution in [0.15, 0.2) is 71.8 Å². The minimum Gasteiger partial charge on any atom is -0.493 e. The topological polar surface area (TPSA) is 69.2 Å². The fourth-order valence-corrected chi connectivity index (χ4v) is 2.85. The van der Waals surface area contributed by atoms with Crippen molar-refractivity contribution in [1.29, 1.82) is 0 Å². The highest BCUT2D eigenvalue weighted by molar-refractivity contribution is 6.30. The van der Waals surface area contributed by atoms with Crippen molar-refractivity contribution in [2.45, 2.75) is 6.61 Å². The first-order valence-corrected chi connectivity index (χ1v) is 10.0. The number of rotatable bonds is 9. The summed E-state index contributed by atoms with van der Waals surface area (Å²) in [5.74, 6) is 1.25. The molecule has 0 bridgehead atoms. The van der Waals surface area contributed by atoms with Gasteiger partial charge < -0.3 is 14.2 Å². The molecule has 160 valence electrons. The zero-order valence-electron chi connectivity index (χ0n) is 16.7. The maximum Gasteiger partial charge on any atom is 0.277 e. The van der Waals surface area contributed by atoms with Gasteiger partial charge in [-0.1, -0.05) is 41.4 Å². The predicted octanol–water partition coefficient (Wildman–Crippen LogP) is 5.11. The number of hydrogen-bond donors (Lipinski definition) is 1. The maximum absolute atomic E-state index is 11.9. The molecule has 3 rings (SSSR count). The van der Waals surface area contributed by atoms with Crippen molar-refractivity contribution in [1.82, 2.24) is 5.43 Å². The predicted molar refractivity (Wildman–Crippen MR) is 121 cm³/mol.